The first-order chi connectivity index (χ1) is 55.9. The van der Waals surface area contributed by atoms with Gasteiger partial charge in [0.25, 0.3) is 5.56 Å². The Balaban J connectivity index is 0.000000171. The van der Waals surface area contributed by atoms with Gasteiger partial charge in [-0.15, -0.1) is 11.3 Å². The third-order valence-corrected chi connectivity index (χ3v) is 24.9. The number of halogens is 1. The standard InChI is InChI=1S/C33H51FN4O5.C31H39N3O3S.C27H30N4O3/c1-4-24(2)32(39)36-31(25-9-6-5-7-10-25)33(40)38-14-8-11-27(38)22-35-29-23-37(30-21-26(34)12-13-28(29)30)15-16-42-19-20-43-18-17-41-3;1-4-20(2)29(35)33-28(21-11-6-5-7-12-21)31(36)34-18-10-15-26(34)30-32-25(19-38-30)23-16-17-27(37-3)24-14-9-8-13-22(23)24;1-3-18(2)26(33)30-23-16-28-25(20-11-5-4-6-12-20)31(27(23)34)17-24(32)29-22-15-9-13-19-10-7-8-14-21(19)22/h12-13,21,23-25,27,31,35H,4-11,14-20,22H2,1-3H3,(H,36,39);8-9,13-14,16-17,19-21,26,28H,4-7,10-12,15,18H2,1-3H3,(H,33,35);4-8,10-12,14,16,18,22H,3,9,13,15,17H2,1-2H3,(H,29,32)(H,30,33)/t24-,27+,31+;20-,26+,28+;18-,22?/m111/s1. The number of amides is 6. The van der Waals surface area contributed by atoms with E-state index in [9.17, 15) is 38.0 Å². The van der Waals surface area contributed by atoms with Crippen molar-refractivity contribution in [3.63, 3.8) is 0 Å². The lowest BCUT2D eigenvalue weighted by Gasteiger charge is -2.35. The van der Waals surface area contributed by atoms with Crippen molar-refractivity contribution in [1.82, 2.24) is 44.9 Å². The number of likely N-dealkylation sites (tertiary alicyclic amines) is 2. The highest BCUT2D eigenvalue weighted by Crippen LogP contribution is 2.41. The Morgan fingerprint density at radius 3 is 1.91 bits per heavy atom. The van der Waals surface area contributed by atoms with E-state index in [-0.39, 0.29) is 101 Å². The molecule has 3 aliphatic carbocycles. The SMILES string of the molecule is CC[C@@H](C)C(=O)N[C@H](C(=O)N1CCC[C@H]1CNc1cn(CCOCCOCCOC)c2cc(F)ccc12)C1CCCCC1.CC[C@@H](C)C(=O)N[C@H](C(=O)N1CCC[C@H]1c1nc(-c2ccc(OC)c3ccccc23)cs1)C1CCCCC1.CC[C@@H](C)C(=O)Nc1cnc(-c2ccccc2)n(CC(=O)NC2CCCc3ccccc32)c1=O. The Bertz CT molecular complexity index is 4600. The van der Waals surface area contributed by atoms with Crippen LogP contribution in [0, 0.1) is 35.4 Å². The summed E-state index contributed by atoms with van der Waals surface area (Å²) in [6.45, 7) is 16.5. The Hall–Kier alpha value is -9.36. The number of hydrogen-bond donors (Lipinski definition) is 5. The second-order valence-electron chi connectivity index (χ2n) is 31.6. The lowest BCUT2D eigenvalue weighted by atomic mass is 9.83. The van der Waals surface area contributed by atoms with Crippen LogP contribution in [0.1, 0.15) is 192 Å². The quantitative estimate of drug-likeness (QED) is 0.0246. The summed E-state index contributed by atoms with van der Waals surface area (Å²) in [7, 11) is 3.33. The highest BCUT2D eigenvalue weighted by atomic mass is 32.1. The van der Waals surface area contributed by atoms with E-state index in [1.807, 2.05) is 122 Å². The fraction of sp³-hybridized carbons (Fsp3) is 0.527. The monoisotopic (exact) mass is 1590 g/mol. The molecule has 13 rings (SSSR count). The van der Waals surface area contributed by atoms with Crippen LogP contribution in [0.15, 0.2) is 132 Å². The second kappa shape index (κ2) is 43.0. The van der Waals surface area contributed by atoms with Crippen molar-refractivity contribution in [1.29, 1.82) is 0 Å². The molecule has 8 aromatic rings. The average molecular weight is 1600 g/mol. The topological polar surface area (TPSA) is 259 Å². The fourth-order valence-corrected chi connectivity index (χ4v) is 17.6. The van der Waals surface area contributed by atoms with Crippen molar-refractivity contribution in [2.45, 2.75) is 213 Å². The number of aryl methyl sites for hydroxylation is 1. The molecule has 618 valence electrons. The Morgan fingerprint density at radius 2 is 1.23 bits per heavy atom. The zero-order valence-electron chi connectivity index (χ0n) is 68.6. The van der Waals surface area contributed by atoms with E-state index < -0.39 is 17.6 Å². The minimum Gasteiger partial charge on any atom is -0.496 e. The Kier molecular flexibility index (Phi) is 32.4. The number of methoxy groups -OCH3 is 2. The molecular formula is C91H120FN11O11S. The summed E-state index contributed by atoms with van der Waals surface area (Å²) in [4.78, 5) is 106. The van der Waals surface area contributed by atoms with E-state index in [0.717, 1.165) is 170 Å². The Labute approximate surface area is 681 Å². The van der Waals surface area contributed by atoms with Crippen LogP contribution in [-0.4, -0.2) is 149 Å². The van der Waals surface area contributed by atoms with Gasteiger partial charge in [-0.3, -0.25) is 38.1 Å². The number of nitrogens with one attached hydrogen (secondary N) is 5. The highest BCUT2D eigenvalue weighted by molar-refractivity contribution is 7.10. The van der Waals surface area contributed by atoms with Crippen LogP contribution in [0.2, 0.25) is 0 Å². The minimum atomic E-state index is -0.460. The number of rotatable bonds is 32. The number of nitrogens with zero attached hydrogens (tertiary/aromatic N) is 6. The molecule has 0 spiro atoms. The van der Waals surface area contributed by atoms with Gasteiger partial charge in [0.15, 0.2) is 0 Å². The maximum Gasteiger partial charge on any atom is 0.278 e. The van der Waals surface area contributed by atoms with Crippen LogP contribution in [0.3, 0.4) is 0 Å². The van der Waals surface area contributed by atoms with Gasteiger partial charge in [-0.05, 0) is 149 Å². The molecule has 1 unspecified atom stereocenters. The number of carbonyl (C=O) groups is 6. The number of fused-ring (bicyclic) bond motifs is 3. The van der Waals surface area contributed by atoms with E-state index in [4.69, 9.17) is 23.9 Å². The number of aromatic nitrogens is 4. The number of hydrogen-bond acceptors (Lipinski definition) is 15. The van der Waals surface area contributed by atoms with E-state index in [0.29, 0.717) is 71.5 Å². The zero-order valence-corrected chi connectivity index (χ0v) is 69.4. The lowest BCUT2D eigenvalue weighted by Crippen LogP contribution is -2.55. The first-order valence-electron chi connectivity index (χ1n) is 42.1. The van der Waals surface area contributed by atoms with Crippen molar-refractivity contribution < 1.29 is 52.1 Å². The summed E-state index contributed by atoms with van der Waals surface area (Å²) in [5.74, 6) is 0.479. The van der Waals surface area contributed by atoms with Gasteiger partial charge in [0.05, 0.1) is 75.3 Å². The first-order valence-corrected chi connectivity index (χ1v) is 43.0. The summed E-state index contributed by atoms with van der Waals surface area (Å²) >= 11 is 1.63. The minimum absolute atomic E-state index is 0.00455. The number of carbonyl (C=O) groups excluding carboxylic acids is 6. The maximum absolute atomic E-state index is 14.2. The smallest absolute Gasteiger partial charge is 0.278 e. The number of ether oxygens (including phenoxy) is 4. The van der Waals surface area contributed by atoms with E-state index in [1.54, 1.807) is 44.6 Å². The molecule has 5 aromatic carbocycles. The summed E-state index contributed by atoms with van der Waals surface area (Å²) in [6, 6.07) is 33.5. The van der Waals surface area contributed by atoms with Gasteiger partial charge in [0.2, 0.25) is 35.4 Å². The predicted molar refractivity (Wildman–Crippen MR) is 452 cm³/mol. The van der Waals surface area contributed by atoms with Crippen molar-refractivity contribution in [2.75, 3.05) is 77.5 Å². The number of thiazole rings is 1. The van der Waals surface area contributed by atoms with Crippen molar-refractivity contribution >= 4 is 79.8 Å². The van der Waals surface area contributed by atoms with Crippen LogP contribution in [0.4, 0.5) is 15.8 Å². The molecule has 3 aromatic heterocycles. The molecule has 2 aliphatic heterocycles. The van der Waals surface area contributed by atoms with Crippen LogP contribution in [-0.2, 0) is 62.5 Å². The zero-order chi connectivity index (χ0) is 81.3. The van der Waals surface area contributed by atoms with Gasteiger partial charge in [0, 0.05) is 90.6 Å². The third-order valence-electron chi connectivity index (χ3n) is 23.9. The van der Waals surface area contributed by atoms with Gasteiger partial charge in [-0.1, -0.05) is 159 Å². The van der Waals surface area contributed by atoms with Gasteiger partial charge >= 0.3 is 0 Å². The van der Waals surface area contributed by atoms with Crippen LogP contribution >= 0.6 is 11.3 Å². The first kappa shape index (κ1) is 86.5. The molecule has 22 nitrogen and oxygen atoms in total. The molecule has 5 N–H and O–H groups in total. The molecule has 4 fully saturated rings. The maximum atomic E-state index is 14.2. The van der Waals surface area contributed by atoms with Crippen molar-refractivity contribution in [2.24, 2.45) is 29.6 Å². The second-order valence-corrected chi connectivity index (χ2v) is 32.5. The molecule has 115 heavy (non-hydrogen) atoms. The summed E-state index contributed by atoms with van der Waals surface area (Å²) < 4.78 is 39.3. The van der Waals surface area contributed by atoms with E-state index >= 15 is 0 Å². The largest absolute Gasteiger partial charge is 0.496 e. The summed E-state index contributed by atoms with van der Waals surface area (Å²) in [5, 5.41) is 21.9. The predicted octanol–water partition coefficient (Wildman–Crippen LogP) is 15.8. The van der Waals surface area contributed by atoms with Gasteiger partial charge < -0.3 is 59.9 Å². The molecule has 6 amide bonds. The molecule has 0 radical (unpaired) electrons. The normalized spacial score (nSPS) is 18.4. The summed E-state index contributed by atoms with van der Waals surface area (Å²) in [6.07, 6.45) is 22.9. The molecule has 2 saturated carbocycles. The third kappa shape index (κ3) is 22.4. The van der Waals surface area contributed by atoms with Crippen molar-refractivity contribution in [3.05, 3.63) is 159 Å². The summed E-state index contributed by atoms with van der Waals surface area (Å²) in [5.41, 5.74) is 6.42. The van der Waals surface area contributed by atoms with Gasteiger partial charge in [-0.25, -0.2) is 14.4 Å². The molecule has 24 heteroatoms. The Morgan fingerprint density at radius 1 is 0.617 bits per heavy atom. The van der Waals surface area contributed by atoms with Gasteiger partial charge in [0.1, 0.15) is 46.7 Å². The molecule has 5 aliphatic rings. The van der Waals surface area contributed by atoms with Crippen molar-refractivity contribution in [3.8, 4) is 28.4 Å². The van der Waals surface area contributed by atoms with Gasteiger partial charge in [-0.2, -0.15) is 0 Å². The highest BCUT2D eigenvalue weighted by Gasteiger charge is 2.42. The molecule has 0 bridgehead atoms. The molecule has 5 heterocycles. The van der Waals surface area contributed by atoms with Crippen LogP contribution < -0.4 is 36.9 Å². The van der Waals surface area contributed by atoms with E-state index in [2.05, 4.69) is 61.2 Å². The fourth-order valence-electron chi connectivity index (χ4n) is 16.6. The lowest BCUT2D eigenvalue weighted by molar-refractivity contribution is -0.140. The molecular weight excluding hydrogens is 1470 g/mol. The number of anilines is 2. The van der Waals surface area contributed by atoms with Crippen LogP contribution in [0.5, 0.6) is 5.75 Å². The number of benzene rings is 5. The van der Waals surface area contributed by atoms with Crippen LogP contribution in [0.25, 0.3) is 44.3 Å². The molecule has 8 atom stereocenters. The average Bonchev–Trinajstić information content (AvgIpc) is 1.68. The van der Waals surface area contributed by atoms with E-state index in [1.165, 1.54) is 35.2 Å². The molecule has 2 saturated heterocycles.